The number of anilines is 1. The van der Waals surface area contributed by atoms with Gasteiger partial charge in [0, 0.05) is 26.1 Å². The van der Waals surface area contributed by atoms with Crippen molar-refractivity contribution in [2.24, 2.45) is 0 Å². The van der Waals surface area contributed by atoms with E-state index in [2.05, 4.69) is 10.3 Å². The third-order valence-electron chi connectivity index (χ3n) is 5.23. The van der Waals surface area contributed by atoms with Crippen LogP contribution >= 0.6 is 22.9 Å². The molecule has 1 aliphatic carbocycles. The Morgan fingerprint density at radius 3 is 2.64 bits per heavy atom. The number of rotatable bonds is 6. The summed E-state index contributed by atoms with van der Waals surface area (Å²) in [4.78, 5) is 19.3. The van der Waals surface area contributed by atoms with Gasteiger partial charge in [0.15, 0.2) is 5.13 Å². The minimum absolute atomic E-state index is 0.0666. The summed E-state index contributed by atoms with van der Waals surface area (Å²) < 4.78 is 0. The molecule has 0 bridgehead atoms. The van der Waals surface area contributed by atoms with Crippen LogP contribution in [-0.2, 0) is 6.42 Å². The Morgan fingerprint density at radius 2 is 1.93 bits per heavy atom. The molecule has 0 saturated heterocycles. The number of hydrogen-bond donors (Lipinski definition) is 2. The summed E-state index contributed by atoms with van der Waals surface area (Å²) in [6, 6.07) is 7.48. The molecule has 5 nitrogen and oxygen atoms in total. The van der Waals surface area contributed by atoms with Crippen LogP contribution in [0.3, 0.4) is 0 Å². The zero-order chi connectivity index (χ0) is 19.9. The van der Waals surface area contributed by atoms with Gasteiger partial charge >= 0.3 is 0 Å². The van der Waals surface area contributed by atoms with Gasteiger partial charge in [-0.05, 0) is 25.0 Å². The molecule has 1 heterocycles. The fraction of sp³-hybridized carbons (Fsp3) is 0.524. The van der Waals surface area contributed by atoms with Gasteiger partial charge in [-0.2, -0.15) is 4.98 Å². The molecule has 1 aromatic heterocycles. The van der Waals surface area contributed by atoms with Crippen molar-refractivity contribution in [1.29, 1.82) is 0 Å². The molecule has 1 amide bonds. The highest BCUT2D eigenvalue weighted by molar-refractivity contribution is 7.15. The van der Waals surface area contributed by atoms with Crippen molar-refractivity contribution in [3.63, 3.8) is 0 Å². The molecule has 0 spiro atoms. The smallest absolute Gasteiger partial charge is 0.255 e. The summed E-state index contributed by atoms with van der Waals surface area (Å²) in [5, 5.41) is 14.9. The van der Waals surface area contributed by atoms with E-state index in [9.17, 15) is 9.90 Å². The van der Waals surface area contributed by atoms with Crippen LogP contribution in [0.4, 0.5) is 5.13 Å². The molecule has 1 fully saturated rings. The molecule has 28 heavy (non-hydrogen) atoms. The highest BCUT2D eigenvalue weighted by Gasteiger charge is 2.18. The highest BCUT2D eigenvalue weighted by atomic mass is 35.5. The number of carbonyl (C=O) groups is 1. The number of aromatic hydroxyl groups is 1. The van der Waals surface area contributed by atoms with E-state index in [-0.39, 0.29) is 11.8 Å². The lowest BCUT2D eigenvalue weighted by atomic mass is 9.97. The number of benzene rings is 1. The molecule has 2 N–H and O–H groups in total. The number of hydrogen-bond acceptors (Lipinski definition) is 5. The van der Waals surface area contributed by atoms with Gasteiger partial charge in [-0.15, -0.1) is 0 Å². The molecule has 1 aromatic carbocycles. The molecule has 1 saturated carbocycles. The Morgan fingerprint density at radius 1 is 1.25 bits per heavy atom. The van der Waals surface area contributed by atoms with Gasteiger partial charge in [0.05, 0.1) is 15.5 Å². The van der Waals surface area contributed by atoms with Gasteiger partial charge in [0.2, 0.25) is 5.88 Å². The maximum atomic E-state index is 12.6. The number of nitrogens with one attached hydrogen (secondary N) is 1. The second-order valence-electron chi connectivity index (χ2n) is 7.41. The highest BCUT2D eigenvalue weighted by Crippen LogP contribution is 2.30. The Bertz CT molecular complexity index is 788. The maximum Gasteiger partial charge on any atom is 0.255 e. The van der Waals surface area contributed by atoms with Gasteiger partial charge < -0.3 is 15.3 Å². The van der Waals surface area contributed by atoms with Crippen molar-refractivity contribution in [3.05, 3.63) is 39.7 Å². The van der Waals surface area contributed by atoms with Crippen LogP contribution in [0.1, 0.15) is 60.2 Å². The molecule has 152 valence electrons. The van der Waals surface area contributed by atoms with Crippen LogP contribution in [0.2, 0.25) is 5.02 Å². The van der Waals surface area contributed by atoms with E-state index in [0.717, 1.165) is 22.9 Å². The monoisotopic (exact) mass is 421 g/mol. The number of aromatic nitrogens is 1. The molecule has 0 unspecified atom stereocenters. The van der Waals surface area contributed by atoms with Gasteiger partial charge in [-0.3, -0.25) is 4.79 Å². The second-order valence-corrected chi connectivity index (χ2v) is 8.90. The number of likely N-dealkylation sites (N-methyl/N-ethyl adjacent to an activating group) is 1. The molecule has 1 aliphatic rings. The van der Waals surface area contributed by atoms with E-state index >= 15 is 0 Å². The molecule has 2 aromatic rings. The summed E-state index contributed by atoms with van der Waals surface area (Å²) in [5.41, 5.74) is 0.492. The predicted octanol–water partition coefficient (Wildman–Crippen LogP) is 5.34. The van der Waals surface area contributed by atoms with E-state index in [0.29, 0.717) is 29.6 Å². The number of carbonyl (C=O) groups excluding carboxylic acids is 1. The zero-order valence-electron chi connectivity index (χ0n) is 16.3. The van der Waals surface area contributed by atoms with Crippen molar-refractivity contribution >= 4 is 34.0 Å². The Balaban J connectivity index is 1.56. The average molecular weight is 422 g/mol. The average Bonchev–Trinajstić information content (AvgIpc) is 3.01. The van der Waals surface area contributed by atoms with E-state index in [1.807, 2.05) is 0 Å². The SMILES string of the molecule is CN(CCc1sc(NC2CCCCCCC2)nc1O)C(=O)c1ccccc1Cl. The van der Waals surface area contributed by atoms with Gasteiger partial charge in [0.25, 0.3) is 5.91 Å². The zero-order valence-corrected chi connectivity index (χ0v) is 17.9. The molecular weight excluding hydrogens is 394 g/mol. The quantitative estimate of drug-likeness (QED) is 0.660. The number of halogens is 1. The first-order valence-corrected chi connectivity index (χ1v) is 11.2. The first-order chi connectivity index (χ1) is 13.5. The Labute approximate surface area is 175 Å². The van der Waals surface area contributed by atoms with E-state index in [4.69, 9.17) is 11.6 Å². The van der Waals surface area contributed by atoms with Gasteiger partial charge in [-0.25, -0.2) is 0 Å². The third-order valence-corrected chi connectivity index (χ3v) is 6.60. The normalized spacial score (nSPS) is 15.6. The summed E-state index contributed by atoms with van der Waals surface area (Å²) in [5.74, 6) is -0.0561. The minimum atomic E-state index is -0.123. The summed E-state index contributed by atoms with van der Waals surface area (Å²) >= 11 is 7.60. The van der Waals surface area contributed by atoms with Crippen molar-refractivity contribution in [3.8, 4) is 5.88 Å². The van der Waals surface area contributed by atoms with Crippen molar-refractivity contribution in [2.45, 2.75) is 57.4 Å². The second kappa shape index (κ2) is 10.1. The summed E-state index contributed by atoms with van der Waals surface area (Å²) in [7, 11) is 1.75. The minimum Gasteiger partial charge on any atom is -0.492 e. The van der Waals surface area contributed by atoms with Crippen LogP contribution in [0.15, 0.2) is 24.3 Å². The van der Waals surface area contributed by atoms with Crippen LogP contribution < -0.4 is 5.32 Å². The topological polar surface area (TPSA) is 65.5 Å². The number of nitrogens with zero attached hydrogens (tertiary/aromatic N) is 2. The molecule has 7 heteroatoms. The molecular formula is C21H28ClN3O2S. The van der Waals surface area contributed by atoms with Crippen molar-refractivity contribution in [1.82, 2.24) is 9.88 Å². The standard InChI is InChI=1S/C21H28ClN3O2S/c1-25(20(27)16-11-7-8-12-17(16)22)14-13-18-19(26)24-21(28-18)23-15-9-5-3-2-4-6-10-15/h7-8,11-12,15,26H,2-6,9-10,13-14H2,1H3,(H,23,24). The van der Waals surface area contributed by atoms with Crippen LogP contribution in [0.5, 0.6) is 5.88 Å². The van der Waals surface area contributed by atoms with E-state index in [1.54, 1.807) is 36.2 Å². The van der Waals surface area contributed by atoms with Gasteiger partial charge in [0.1, 0.15) is 0 Å². The lowest BCUT2D eigenvalue weighted by Gasteiger charge is -2.20. The summed E-state index contributed by atoms with van der Waals surface area (Å²) in [6.07, 6.45) is 9.32. The molecule has 0 atom stereocenters. The van der Waals surface area contributed by atoms with Crippen LogP contribution in [0.25, 0.3) is 0 Å². The Kier molecular flexibility index (Phi) is 7.57. The lowest BCUT2D eigenvalue weighted by molar-refractivity contribution is 0.0796. The first-order valence-electron chi connectivity index (χ1n) is 10.00. The largest absolute Gasteiger partial charge is 0.492 e. The Hall–Kier alpha value is -1.79. The van der Waals surface area contributed by atoms with Crippen LogP contribution in [-0.4, -0.2) is 40.5 Å². The summed E-state index contributed by atoms with van der Waals surface area (Å²) in [6.45, 7) is 0.489. The molecule has 0 radical (unpaired) electrons. The van der Waals surface area contributed by atoms with Crippen LogP contribution in [0, 0.1) is 0 Å². The predicted molar refractivity (Wildman–Crippen MR) is 116 cm³/mol. The van der Waals surface area contributed by atoms with Crippen molar-refractivity contribution < 1.29 is 9.90 Å². The van der Waals surface area contributed by atoms with E-state index < -0.39 is 0 Å². The number of thiazole rings is 1. The fourth-order valence-corrected chi connectivity index (χ4v) is 4.69. The first kappa shape index (κ1) is 20.9. The molecule has 0 aliphatic heterocycles. The maximum absolute atomic E-state index is 12.6. The van der Waals surface area contributed by atoms with Crippen molar-refractivity contribution in [2.75, 3.05) is 18.9 Å². The third kappa shape index (κ3) is 5.61. The number of amides is 1. The van der Waals surface area contributed by atoms with Gasteiger partial charge in [-0.1, -0.05) is 67.2 Å². The van der Waals surface area contributed by atoms with E-state index in [1.165, 1.54) is 43.4 Å². The lowest BCUT2D eigenvalue weighted by Crippen LogP contribution is -2.28. The fourth-order valence-electron chi connectivity index (χ4n) is 3.55. The molecule has 3 rings (SSSR count).